The van der Waals surface area contributed by atoms with Crippen LogP contribution in [-0.4, -0.2) is 24.0 Å². The SMILES string of the molecule is CCN(CC)C(=O)NCc1ccccc1. The lowest BCUT2D eigenvalue weighted by Crippen LogP contribution is -2.39. The largest absolute Gasteiger partial charge is 0.334 e. The maximum atomic E-state index is 11.6. The summed E-state index contributed by atoms with van der Waals surface area (Å²) in [6.07, 6.45) is 0. The van der Waals surface area contributed by atoms with E-state index in [4.69, 9.17) is 0 Å². The zero-order valence-electron chi connectivity index (χ0n) is 9.36. The number of benzene rings is 1. The normalized spacial score (nSPS) is 9.73. The third kappa shape index (κ3) is 3.62. The predicted octanol–water partition coefficient (Wildman–Crippen LogP) is 2.24. The molecular weight excluding hydrogens is 188 g/mol. The lowest BCUT2D eigenvalue weighted by molar-refractivity contribution is 0.203. The van der Waals surface area contributed by atoms with Crippen molar-refractivity contribution >= 4 is 6.03 Å². The van der Waals surface area contributed by atoms with E-state index >= 15 is 0 Å². The second-order valence-electron chi connectivity index (χ2n) is 3.32. The van der Waals surface area contributed by atoms with Crippen molar-refractivity contribution in [2.75, 3.05) is 13.1 Å². The van der Waals surface area contributed by atoms with Crippen molar-refractivity contribution in [2.45, 2.75) is 20.4 Å². The Morgan fingerprint density at radius 2 is 1.80 bits per heavy atom. The van der Waals surface area contributed by atoms with Crippen LogP contribution in [0.3, 0.4) is 0 Å². The van der Waals surface area contributed by atoms with Crippen molar-refractivity contribution in [1.29, 1.82) is 0 Å². The lowest BCUT2D eigenvalue weighted by atomic mass is 10.2. The van der Waals surface area contributed by atoms with Gasteiger partial charge in [0.1, 0.15) is 0 Å². The van der Waals surface area contributed by atoms with Crippen LogP contribution in [0.4, 0.5) is 4.79 Å². The Morgan fingerprint density at radius 1 is 1.20 bits per heavy atom. The van der Waals surface area contributed by atoms with Gasteiger partial charge in [-0.25, -0.2) is 4.79 Å². The van der Waals surface area contributed by atoms with E-state index in [0.717, 1.165) is 18.7 Å². The molecule has 0 saturated carbocycles. The highest BCUT2D eigenvalue weighted by Crippen LogP contribution is 1.98. The van der Waals surface area contributed by atoms with Crippen LogP contribution in [0.25, 0.3) is 0 Å². The van der Waals surface area contributed by atoms with Crippen LogP contribution < -0.4 is 5.32 Å². The van der Waals surface area contributed by atoms with Crippen molar-refractivity contribution in [3.05, 3.63) is 35.9 Å². The van der Waals surface area contributed by atoms with Crippen LogP contribution in [0.5, 0.6) is 0 Å². The van der Waals surface area contributed by atoms with Gasteiger partial charge in [-0.2, -0.15) is 0 Å². The Balaban J connectivity index is 2.40. The van der Waals surface area contributed by atoms with Crippen molar-refractivity contribution < 1.29 is 4.79 Å². The van der Waals surface area contributed by atoms with Crippen LogP contribution in [-0.2, 0) is 6.54 Å². The topological polar surface area (TPSA) is 32.3 Å². The summed E-state index contributed by atoms with van der Waals surface area (Å²) in [5, 5.41) is 2.89. The third-order valence-corrected chi connectivity index (χ3v) is 2.34. The smallest absolute Gasteiger partial charge is 0.317 e. The molecule has 0 aliphatic heterocycles. The Labute approximate surface area is 91.1 Å². The number of carbonyl (C=O) groups is 1. The molecule has 0 fully saturated rings. The van der Waals surface area contributed by atoms with Gasteiger partial charge in [0.2, 0.25) is 0 Å². The summed E-state index contributed by atoms with van der Waals surface area (Å²) in [5.41, 5.74) is 1.12. The highest BCUT2D eigenvalue weighted by atomic mass is 16.2. The molecule has 15 heavy (non-hydrogen) atoms. The summed E-state index contributed by atoms with van der Waals surface area (Å²) < 4.78 is 0. The zero-order chi connectivity index (χ0) is 11.1. The second-order valence-corrected chi connectivity index (χ2v) is 3.32. The van der Waals surface area contributed by atoms with Crippen molar-refractivity contribution in [2.24, 2.45) is 0 Å². The van der Waals surface area contributed by atoms with E-state index in [1.165, 1.54) is 0 Å². The molecule has 0 spiro atoms. The van der Waals surface area contributed by atoms with Crippen molar-refractivity contribution in [3.8, 4) is 0 Å². The van der Waals surface area contributed by atoms with E-state index in [9.17, 15) is 4.79 Å². The van der Waals surface area contributed by atoms with E-state index in [1.54, 1.807) is 4.90 Å². The molecule has 0 aliphatic rings. The highest BCUT2D eigenvalue weighted by Gasteiger charge is 2.07. The molecule has 2 amide bonds. The standard InChI is InChI=1S/C12H18N2O/c1-3-14(4-2)12(15)13-10-11-8-6-5-7-9-11/h5-9H,3-4,10H2,1-2H3,(H,13,15). The van der Waals surface area contributed by atoms with E-state index in [0.29, 0.717) is 6.54 Å². The summed E-state index contributed by atoms with van der Waals surface area (Å²) in [4.78, 5) is 13.4. The zero-order valence-corrected chi connectivity index (χ0v) is 9.36. The Hall–Kier alpha value is -1.51. The number of carbonyl (C=O) groups excluding carboxylic acids is 1. The molecule has 0 radical (unpaired) electrons. The fourth-order valence-electron chi connectivity index (χ4n) is 1.40. The Kier molecular flexibility index (Phi) is 4.68. The van der Waals surface area contributed by atoms with E-state index < -0.39 is 0 Å². The van der Waals surface area contributed by atoms with Crippen LogP contribution in [0.15, 0.2) is 30.3 Å². The number of nitrogens with zero attached hydrogens (tertiary/aromatic N) is 1. The molecule has 0 saturated heterocycles. The minimum atomic E-state index is 0.00357. The van der Waals surface area contributed by atoms with E-state index in [1.807, 2.05) is 44.2 Å². The van der Waals surface area contributed by atoms with Crippen molar-refractivity contribution in [3.63, 3.8) is 0 Å². The molecule has 0 heterocycles. The van der Waals surface area contributed by atoms with Gasteiger partial charge in [0.05, 0.1) is 0 Å². The number of hydrogen-bond donors (Lipinski definition) is 1. The van der Waals surface area contributed by atoms with Gasteiger partial charge in [-0.3, -0.25) is 0 Å². The molecule has 0 aromatic heterocycles. The van der Waals surface area contributed by atoms with Crippen LogP contribution in [0.2, 0.25) is 0 Å². The molecule has 3 nitrogen and oxygen atoms in total. The summed E-state index contributed by atoms with van der Waals surface area (Å²) in [5.74, 6) is 0. The highest BCUT2D eigenvalue weighted by molar-refractivity contribution is 5.74. The van der Waals surface area contributed by atoms with Gasteiger partial charge in [-0.1, -0.05) is 30.3 Å². The minimum absolute atomic E-state index is 0.00357. The summed E-state index contributed by atoms with van der Waals surface area (Å²) in [6, 6.07) is 9.92. The maximum Gasteiger partial charge on any atom is 0.317 e. The number of hydrogen-bond acceptors (Lipinski definition) is 1. The molecule has 0 bridgehead atoms. The molecule has 0 aliphatic carbocycles. The minimum Gasteiger partial charge on any atom is -0.334 e. The predicted molar refractivity (Wildman–Crippen MR) is 61.6 cm³/mol. The molecular formula is C12H18N2O. The quantitative estimate of drug-likeness (QED) is 0.805. The average Bonchev–Trinajstić information content (AvgIpc) is 2.29. The first-order valence-corrected chi connectivity index (χ1v) is 5.34. The molecule has 1 rings (SSSR count). The molecule has 82 valence electrons. The van der Waals surface area contributed by atoms with Crippen LogP contribution in [0.1, 0.15) is 19.4 Å². The fraction of sp³-hybridized carbons (Fsp3) is 0.417. The van der Waals surface area contributed by atoms with Gasteiger partial charge in [0, 0.05) is 19.6 Å². The van der Waals surface area contributed by atoms with Gasteiger partial charge in [-0.15, -0.1) is 0 Å². The molecule has 1 N–H and O–H groups in total. The molecule has 3 heteroatoms. The second kappa shape index (κ2) is 6.06. The first-order valence-electron chi connectivity index (χ1n) is 5.34. The molecule has 1 aromatic rings. The summed E-state index contributed by atoms with van der Waals surface area (Å²) in [6.45, 7) is 6.04. The number of amides is 2. The van der Waals surface area contributed by atoms with Gasteiger partial charge in [0.15, 0.2) is 0 Å². The monoisotopic (exact) mass is 206 g/mol. The van der Waals surface area contributed by atoms with Crippen molar-refractivity contribution in [1.82, 2.24) is 10.2 Å². The fourth-order valence-corrected chi connectivity index (χ4v) is 1.40. The van der Waals surface area contributed by atoms with Crippen LogP contribution >= 0.6 is 0 Å². The Morgan fingerprint density at radius 3 is 2.33 bits per heavy atom. The van der Waals surface area contributed by atoms with Crippen LogP contribution in [0, 0.1) is 0 Å². The number of rotatable bonds is 4. The summed E-state index contributed by atoms with van der Waals surface area (Å²) >= 11 is 0. The van der Waals surface area contributed by atoms with Gasteiger partial charge >= 0.3 is 6.03 Å². The molecule has 0 unspecified atom stereocenters. The maximum absolute atomic E-state index is 11.6. The first-order chi connectivity index (χ1) is 7.27. The van der Waals surface area contributed by atoms with Gasteiger partial charge < -0.3 is 10.2 Å². The number of urea groups is 1. The van der Waals surface area contributed by atoms with Gasteiger partial charge in [-0.05, 0) is 19.4 Å². The first kappa shape index (κ1) is 11.6. The molecule has 0 atom stereocenters. The third-order valence-electron chi connectivity index (χ3n) is 2.34. The summed E-state index contributed by atoms with van der Waals surface area (Å²) in [7, 11) is 0. The number of nitrogens with one attached hydrogen (secondary N) is 1. The van der Waals surface area contributed by atoms with E-state index in [-0.39, 0.29) is 6.03 Å². The Bertz CT molecular complexity index is 294. The van der Waals surface area contributed by atoms with E-state index in [2.05, 4.69) is 5.32 Å². The van der Waals surface area contributed by atoms with Gasteiger partial charge in [0.25, 0.3) is 0 Å². The molecule has 1 aromatic carbocycles. The average molecular weight is 206 g/mol. The lowest BCUT2D eigenvalue weighted by Gasteiger charge is -2.19.